The van der Waals surface area contributed by atoms with Gasteiger partial charge in [0.25, 0.3) is 0 Å². The van der Waals surface area contributed by atoms with Crippen molar-refractivity contribution in [2.24, 2.45) is 7.05 Å². The summed E-state index contributed by atoms with van der Waals surface area (Å²) in [5.41, 5.74) is 1.69. The Hall–Kier alpha value is -3.62. The van der Waals surface area contributed by atoms with Crippen molar-refractivity contribution < 1.29 is 19.1 Å². The Kier molecular flexibility index (Phi) is 5.73. The van der Waals surface area contributed by atoms with Crippen LogP contribution in [0.4, 0.5) is 10.5 Å². The molecular formula is C23H27N5O4. The molecule has 3 aromatic rings. The van der Waals surface area contributed by atoms with Gasteiger partial charge in [-0.05, 0) is 39.0 Å². The average Bonchev–Trinajstić information content (AvgIpc) is 3.07. The van der Waals surface area contributed by atoms with Crippen LogP contribution in [0.25, 0.3) is 11.0 Å². The van der Waals surface area contributed by atoms with E-state index < -0.39 is 11.7 Å². The molecule has 0 aromatic carbocycles. The van der Waals surface area contributed by atoms with Crippen LogP contribution in [0.2, 0.25) is 0 Å². The fraction of sp³-hybridized carbons (Fsp3) is 0.391. The molecule has 4 heterocycles. The van der Waals surface area contributed by atoms with E-state index in [1.807, 2.05) is 42.1 Å². The average molecular weight is 438 g/mol. The van der Waals surface area contributed by atoms with Crippen LogP contribution in [0.5, 0.6) is 5.88 Å². The van der Waals surface area contributed by atoms with E-state index in [1.54, 1.807) is 37.9 Å². The molecule has 9 nitrogen and oxygen atoms in total. The van der Waals surface area contributed by atoms with Gasteiger partial charge in [-0.25, -0.2) is 4.79 Å². The van der Waals surface area contributed by atoms with Gasteiger partial charge in [0, 0.05) is 44.0 Å². The second-order valence-corrected chi connectivity index (χ2v) is 8.70. The van der Waals surface area contributed by atoms with Crippen LogP contribution in [0.15, 0.2) is 42.7 Å². The predicted octanol–water partition coefficient (Wildman–Crippen LogP) is 3.13. The van der Waals surface area contributed by atoms with Gasteiger partial charge in [-0.1, -0.05) is 6.07 Å². The largest absolute Gasteiger partial charge is 0.471 e. The van der Waals surface area contributed by atoms with E-state index in [9.17, 15) is 9.59 Å². The third kappa shape index (κ3) is 4.66. The van der Waals surface area contributed by atoms with Crippen LogP contribution in [0, 0.1) is 0 Å². The highest BCUT2D eigenvalue weighted by Gasteiger charge is 2.32. The summed E-state index contributed by atoms with van der Waals surface area (Å²) >= 11 is 0. The van der Waals surface area contributed by atoms with E-state index in [0.717, 1.165) is 16.8 Å². The van der Waals surface area contributed by atoms with Gasteiger partial charge in [0.15, 0.2) is 0 Å². The Morgan fingerprint density at radius 1 is 1.16 bits per heavy atom. The molecule has 0 unspecified atom stereocenters. The number of hydrogen-bond donors (Lipinski definition) is 0. The summed E-state index contributed by atoms with van der Waals surface area (Å²) in [5, 5.41) is 0.844. The Balaban J connectivity index is 1.49. The number of anilines is 1. The van der Waals surface area contributed by atoms with Crippen molar-refractivity contribution in [3.63, 3.8) is 0 Å². The smallest absolute Gasteiger partial charge is 0.410 e. The third-order valence-corrected chi connectivity index (χ3v) is 5.03. The molecule has 0 N–H and O–H groups in total. The SMILES string of the molecule is Cn1cc(N2CCN(C(=O)OC(C)(C)C)CC2=O)c2ccc(OCc3ccccn3)nc21. The molecule has 0 saturated carbocycles. The monoisotopic (exact) mass is 437 g/mol. The quantitative estimate of drug-likeness (QED) is 0.623. The van der Waals surface area contributed by atoms with Gasteiger partial charge in [-0.15, -0.1) is 0 Å². The van der Waals surface area contributed by atoms with Crippen LogP contribution >= 0.6 is 0 Å². The first-order valence-electron chi connectivity index (χ1n) is 10.5. The Morgan fingerprint density at radius 2 is 1.97 bits per heavy atom. The van der Waals surface area contributed by atoms with Gasteiger partial charge in [0.1, 0.15) is 24.4 Å². The molecule has 1 aliphatic rings. The maximum atomic E-state index is 12.9. The lowest BCUT2D eigenvalue weighted by Crippen LogP contribution is -2.53. The Bertz CT molecular complexity index is 1140. The molecule has 0 aliphatic carbocycles. The van der Waals surface area contributed by atoms with E-state index in [1.165, 1.54) is 4.90 Å². The number of ether oxygens (including phenoxy) is 2. The van der Waals surface area contributed by atoms with Gasteiger partial charge < -0.3 is 18.9 Å². The molecule has 168 valence electrons. The summed E-state index contributed by atoms with van der Waals surface area (Å²) in [6, 6.07) is 9.34. The van der Waals surface area contributed by atoms with Gasteiger partial charge in [-0.2, -0.15) is 4.98 Å². The molecular weight excluding hydrogens is 410 g/mol. The van der Waals surface area contributed by atoms with Crippen molar-refractivity contribution in [2.75, 3.05) is 24.5 Å². The first-order chi connectivity index (χ1) is 15.2. The van der Waals surface area contributed by atoms with E-state index in [-0.39, 0.29) is 12.5 Å². The lowest BCUT2D eigenvalue weighted by molar-refractivity contribution is -0.121. The van der Waals surface area contributed by atoms with Gasteiger partial charge in [0.05, 0.1) is 11.4 Å². The molecule has 1 saturated heterocycles. The molecule has 9 heteroatoms. The van der Waals surface area contributed by atoms with Crippen molar-refractivity contribution in [1.82, 2.24) is 19.4 Å². The van der Waals surface area contributed by atoms with Crippen LogP contribution in [-0.2, 0) is 23.2 Å². The minimum absolute atomic E-state index is 0.0238. The van der Waals surface area contributed by atoms with E-state index >= 15 is 0 Å². The molecule has 0 spiro atoms. The zero-order chi connectivity index (χ0) is 22.9. The molecule has 4 rings (SSSR count). The van der Waals surface area contributed by atoms with Crippen LogP contribution < -0.4 is 9.64 Å². The normalized spacial score (nSPS) is 14.7. The molecule has 2 amide bonds. The zero-order valence-electron chi connectivity index (χ0n) is 18.7. The van der Waals surface area contributed by atoms with Crippen molar-refractivity contribution in [1.29, 1.82) is 0 Å². The second kappa shape index (κ2) is 8.49. The minimum atomic E-state index is -0.602. The number of nitrogens with zero attached hydrogens (tertiary/aromatic N) is 5. The van der Waals surface area contributed by atoms with Crippen LogP contribution in [0.3, 0.4) is 0 Å². The van der Waals surface area contributed by atoms with E-state index in [4.69, 9.17) is 9.47 Å². The maximum Gasteiger partial charge on any atom is 0.410 e. The van der Waals surface area contributed by atoms with Crippen molar-refractivity contribution in [3.8, 4) is 5.88 Å². The molecule has 1 fully saturated rings. The summed E-state index contributed by atoms with van der Waals surface area (Å²) in [7, 11) is 1.88. The van der Waals surface area contributed by atoms with Crippen molar-refractivity contribution >= 4 is 28.7 Å². The van der Waals surface area contributed by atoms with Crippen LogP contribution in [-0.4, -0.2) is 56.7 Å². The number of aromatic nitrogens is 3. The highest BCUT2D eigenvalue weighted by molar-refractivity contribution is 6.04. The predicted molar refractivity (Wildman–Crippen MR) is 119 cm³/mol. The van der Waals surface area contributed by atoms with Gasteiger partial charge in [-0.3, -0.25) is 14.7 Å². The highest BCUT2D eigenvalue weighted by Crippen LogP contribution is 2.30. The van der Waals surface area contributed by atoms with Crippen molar-refractivity contribution in [2.45, 2.75) is 33.0 Å². The summed E-state index contributed by atoms with van der Waals surface area (Å²) in [6.45, 7) is 6.50. The number of hydrogen-bond acceptors (Lipinski definition) is 6. The number of rotatable bonds is 4. The molecule has 0 radical (unpaired) electrons. The summed E-state index contributed by atoms with van der Waals surface area (Å²) < 4.78 is 13.0. The maximum absolute atomic E-state index is 12.9. The molecule has 0 bridgehead atoms. The fourth-order valence-corrected chi connectivity index (χ4v) is 3.55. The van der Waals surface area contributed by atoms with Gasteiger partial charge >= 0.3 is 6.09 Å². The summed E-state index contributed by atoms with van der Waals surface area (Å²) in [5.74, 6) is 0.321. The minimum Gasteiger partial charge on any atom is -0.471 e. The summed E-state index contributed by atoms with van der Waals surface area (Å²) in [4.78, 5) is 37.2. The molecule has 0 atom stereocenters. The number of carbonyl (C=O) groups is 2. The lowest BCUT2D eigenvalue weighted by atomic mass is 10.2. The standard InChI is InChI=1S/C23H27N5O4/c1-23(2,3)32-22(30)27-11-12-28(20(29)14-27)18-13-26(4)21-17(18)8-9-19(25-21)31-15-16-7-5-6-10-24-16/h5-10,13H,11-12,14-15H2,1-4H3. The molecule has 1 aliphatic heterocycles. The zero-order valence-corrected chi connectivity index (χ0v) is 18.7. The first-order valence-corrected chi connectivity index (χ1v) is 10.5. The summed E-state index contributed by atoms with van der Waals surface area (Å²) in [6.07, 6.45) is 3.12. The lowest BCUT2D eigenvalue weighted by Gasteiger charge is -2.34. The van der Waals surface area contributed by atoms with Crippen molar-refractivity contribution in [3.05, 3.63) is 48.4 Å². The Labute approximate surface area is 186 Å². The number of piperazine rings is 1. The topological polar surface area (TPSA) is 89.8 Å². The number of aryl methyl sites for hydroxylation is 1. The fourth-order valence-electron chi connectivity index (χ4n) is 3.55. The first kappa shape index (κ1) is 21.6. The van der Waals surface area contributed by atoms with Gasteiger partial charge in [0.2, 0.25) is 11.8 Å². The number of amides is 2. The van der Waals surface area contributed by atoms with E-state index in [2.05, 4.69) is 9.97 Å². The third-order valence-electron chi connectivity index (χ3n) is 5.03. The Morgan fingerprint density at radius 3 is 2.66 bits per heavy atom. The number of carbonyl (C=O) groups excluding carboxylic acids is 2. The highest BCUT2D eigenvalue weighted by atomic mass is 16.6. The van der Waals surface area contributed by atoms with E-state index in [0.29, 0.717) is 31.2 Å². The molecule has 32 heavy (non-hydrogen) atoms. The van der Waals surface area contributed by atoms with Crippen LogP contribution in [0.1, 0.15) is 26.5 Å². The molecule has 3 aromatic heterocycles. The number of pyridine rings is 2. The second-order valence-electron chi connectivity index (χ2n) is 8.70. The number of fused-ring (bicyclic) bond motifs is 1.